The Labute approximate surface area is 113 Å². The molecule has 19 heavy (non-hydrogen) atoms. The zero-order chi connectivity index (χ0) is 13.2. The van der Waals surface area contributed by atoms with Crippen LogP contribution in [0.25, 0.3) is 0 Å². The maximum atomic E-state index is 5.53. The Morgan fingerprint density at radius 3 is 3.00 bits per heavy atom. The van der Waals surface area contributed by atoms with Crippen molar-refractivity contribution in [2.75, 3.05) is 12.4 Å². The monoisotopic (exact) mass is 257 g/mol. The summed E-state index contributed by atoms with van der Waals surface area (Å²) >= 11 is 0. The molecule has 0 amide bonds. The fourth-order valence-corrected chi connectivity index (χ4v) is 2.75. The lowest BCUT2D eigenvalue weighted by Gasteiger charge is -2.24. The van der Waals surface area contributed by atoms with Crippen LogP contribution in [0, 0.1) is 6.92 Å². The van der Waals surface area contributed by atoms with Gasteiger partial charge in [0.1, 0.15) is 11.5 Å². The van der Waals surface area contributed by atoms with E-state index in [9.17, 15) is 0 Å². The van der Waals surface area contributed by atoms with Crippen molar-refractivity contribution in [1.82, 2.24) is 0 Å². The highest BCUT2D eigenvalue weighted by molar-refractivity contribution is 5.55. The molecular weight excluding hydrogens is 238 g/mol. The highest BCUT2D eigenvalue weighted by Gasteiger charge is 2.22. The van der Waals surface area contributed by atoms with Gasteiger partial charge in [-0.15, -0.1) is 0 Å². The lowest BCUT2D eigenvalue weighted by Crippen LogP contribution is -2.16. The number of hydrogen-bond donors (Lipinski definition) is 1. The zero-order valence-electron chi connectivity index (χ0n) is 11.4. The van der Waals surface area contributed by atoms with E-state index in [0.29, 0.717) is 6.04 Å². The highest BCUT2D eigenvalue weighted by Crippen LogP contribution is 2.34. The molecule has 0 saturated heterocycles. The quantitative estimate of drug-likeness (QED) is 0.899. The Balaban J connectivity index is 1.83. The highest BCUT2D eigenvalue weighted by atomic mass is 16.5. The fourth-order valence-electron chi connectivity index (χ4n) is 2.75. The number of rotatable bonds is 3. The lowest BCUT2D eigenvalue weighted by molar-refractivity contribution is 0.414. The van der Waals surface area contributed by atoms with E-state index in [2.05, 4.69) is 30.4 Å². The molecule has 1 aromatic heterocycles. The van der Waals surface area contributed by atoms with E-state index in [4.69, 9.17) is 9.15 Å². The van der Waals surface area contributed by atoms with E-state index in [-0.39, 0.29) is 0 Å². The predicted molar refractivity (Wildman–Crippen MR) is 75.7 cm³/mol. The molecule has 0 aliphatic heterocycles. The Morgan fingerprint density at radius 2 is 2.21 bits per heavy atom. The molecule has 0 radical (unpaired) electrons. The maximum Gasteiger partial charge on any atom is 0.119 e. The summed E-state index contributed by atoms with van der Waals surface area (Å²) in [4.78, 5) is 0. The molecule has 1 atom stereocenters. The molecule has 100 valence electrons. The van der Waals surface area contributed by atoms with Crippen molar-refractivity contribution in [3.8, 4) is 5.75 Å². The Kier molecular flexibility index (Phi) is 3.20. The third-order valence-corrected chi connectivity index (χ3v) is 3.82. The number of anilines is 1. The minimum Gasteiger partial charge on any atom is -0.497 e. The molecule has 3 nitrogen and oxygen atoms in total. The minimum atomic E-state index is 0.356. The minimum absolute atomic E-state index is 0.356. The molecule has 1 heterocycles. The number of furan rings is 1. The summed E-state index contributed by atoms with van der Waals surface area (Å²) in [5.74, 6) is 2.03. The summed E-state index contributed by atoms with van der Waals surface area (Å²) in [6.45, 7) is 2.10. The van der Waals surface area contributed by atoms with Crippen molar-refractivity contribution < 1.29 is 9.15 Å². The van der Waals surface area contributed by atoms with E-state index in [1.165, 1.54) is 23.2 Å². The second kappa shape index (κ2) is 5.00. The average Bonchev–Trinajstić information content (AvgIpc) is 2.90. The van der Waals surface area contributed by atoms with Crippen molar-refractivity contribution in [2.24, 2.45) is 0 Å². The summed E-state index contributed by atoms with van der Waals surface area (Å²) in [5.41, 5.74) is 3.68. The number of fused-ring (bicyclic) bond motifs is 1. The standard InChI is InChI=1S/C16H19NO2/c1-11-10-12(18-2)6-7-14(11)17-15-4-3-5-16-13(15)8-9-19-16/h6-10,15,17H,3-5H2,1-2H3. The molecule has 0 fully saturated rings. The number of aryl methyl sites for hydroxylation is 2. The number of ether oxygens (including phenoxy) is 1. The summed E-state index contributed by atoms with van der Waals surface area (Å²) in [7, 11) is 1.70. The van der Waals surface area contributed by atoms with Crippen LogP contribution in [0.2, 0.25) is 0 Å². The van der Waals surface area contributed by atoms with Gasteiger partial charge in [-0.2, -0.15) is 0 Å². The molecule has 1 aromatic carbocycles. The summed E-state index contributed by atoms with van der Waals surface area (Å²) in [6, 6.07) is 8.58. The summed E-state index contributed by atoms with van der Waals surface area (Å²) in [5, 5.41) is 3.63. The Hall–Kier alpha value is -1.90. The van der Waals surface area contributed by atoms with Gasteiger partial charge < -0.3 is 14.5 Å². The smallest absolute Gasteiger partial charge is 0.119 e. The van der Waals surface area contributed by atoms with E-state index < -0.39 is 0 Å². The molecule has 3 rings (SSSR count). The second-order valence-electron chi connectivity index (χ2n) is 5.07. The molecule has 3 heteroatoms. The van der Waals surface area contributed by atoms with Gasteiger partial charge in [-0.3, -0.25) is 0 Å². The van der Waals surface area contributed by atoms with E-state index >= 15 is 0 Å². The van der Waals surface area contributed by atoms with Gasteiger partial charge in [0.2, 0.25) is 0 Å². The Morgan fingerprint density at radius 1 is 1.32 bits per heavy atom. The van der Waals surface area contributed by atoms with Crippen LogP contribution in [-0.4, -0.2) is 7.11 Å². The molecular formula is C16H19NO2. The van der Waals surface area contributed by atoms with Crippen LogP contribution in [-0.2, 0) is 6.42 Å². The Bertz CT molecular complexity index is 574. The van der Waals surface area contributed by atoms with Gasteiger partial charge in [-0.1, -0.05) is 0 Å². The molecule has 1 unspecified atom stereocenters. The van der Waals surface area contributed by atoms with Crippen molar-refractivity contribution in [3.05, 3.63) is 47.4 Å². The first kappa shape index (κ1) is 12.2. The first-order chi connectivity index (χ1) is 9.28. The van der Waals surface area contributed by atoms with Gasteiger partial charge in [0.25, 0.3) is 0 Å². The third kappa shape index (κ3) is 2.33. The number of hydrogen-bond acceptors (Lipinski definition) is 3. The van der Waals surface area contributed by atoms with Crippen molar-refractivity contribution >= 4 is 5.69 Å². The number of nitrogens with one attached hydrogen (secondary N) is 1. The average molecular weight is 257 g/mol. The molecule has 0 spiro atoms. The van der Waals surface area contributed by atoms with E-state index in [1.54, 1.807) is 13.4 Å². The van der Waals surface area contributed by atoms with Crippen LogP contribution in [0.4, 0.5) is 5.69 Å². The van der Waals surface area contributed by atoms with E-state index in [0.717, 1.165) is 24.4 Å². The number of methoxy groups -OCH3 is 1. The second-order valence-corrected chi connectivity index (χ2v) is 5.07. The number of benzene rings is 1. The molecule has 1 aliphatic carbocycles. The predicted octanol–water partition coefficient (Wildman–Crippen LogP) is 4.09. The van der Waals surface area contributed by atoms with Crippen LogP contribution in [0.15, 0.2) is 34.9 Å². The molecule has 1 N–H and O–H groups in total. The van der Waals surface area contributed by atoms with Crippen molar-refractivity contribution in [2.45, 2.75) is 32.2 Å². The van der Waals surface area contributed by atoms with Gasteiger partial charge in [-0.05, 0) is 49.6 Å². The van der Waals surface area contributed by atoms with Crippen LogP contribution >= 0.6 is 0 Å². The summed E-state index contributed by atoms with van der Waals surface area (Å²) < 4.78 is 10.8. The van der Waals surface area contributed by atoms with Crippen LogP contribution in [0.5, 0.6) is 5.75 Å². The van der Waals surface area contributed by atoms with E-state index in [1.807, 2.05) is 6.07 Å². The molecule has 0 bridgehead atoms. The van der Waals surface area contributed by atoms with Gasteiger partial charge in [0, 0.05) is 17.7 Å². The molecule has 2 aromatic rings. The van der Waals surface area contributed by atoms with Gasteiger partial charge in [0.15, 0.2) is 0 Å². The maximum absolute atomic E-state index is 5.53. The first-order valence-corrected chi connectivity index (χ1v) is 6.75. The SMILES string of the molecule is COc1ccc(NC2CCCc3occc32)c(C)c1. The fraction of sp³-hybridized carbons (Fsp3) is 0.375. The van der Waals surface area contributed by atoms with Crippen LogP contribution in [0.3, 0.4) is 0 Å². The third-order valence-electron chi connectivity index (χ3n) is 3.82. The molecule has 1 aliphatic rings. The van der Waals surface area contributed by atoms with Gasteiger partial charge >= 0.3 is 0 Å². The van der Waals surface area contributed by atoms with Crippen molar-refractivity contribution in [3.63, 3.8) is 0 Å². The largest absolute Gasteiger partial charge is 0.497 e. The summed E-state index contributed by atoms with van der Waals surface area (Å²) in [6.07, 6.45) is 5.18. The molecule has 0 saturated carbocycles. The van der Waals surface area contributed by atoms with Crippen LogP contribution < -0.4 is 10.1 Å². The van der Waals surface area contributed by atoms with Crippen LogP contribution in [0.1, 0.15) is 35.8 Å². The van der Waals surface area contributed by atoms with Gasteiger partial charge in [-0.25, -0.2) is 0 Å². The van der Waals surface area contributed by atoms with Crippen molar-refractivity contribution in [1.29, 1.82) is 0 Å². The van der Waals surface area contributed by atoms with Gasteiger partial charge in [0.05, 0.1) is 19.4 Å². The normalized spacial score (nSPS) is 17.9. The topological polar surface area (TPSA) is 34.4 Å². The first-order valence-electron chi connectivity index (χ1n) is 6.75. The zero-order valence-corrected chi connectivity index (χ0v) is 11.4. The lowest BCUT2D eigenvalue weighted by atomic mass is 9.93.